The van der Waals surface area contributed by atoms with Gasteiger partial charge in [0.1, 0.15) is 0 Å². The zero-order valence-electron chi connectivity index (χ0n) is 13.8. The minimum atomic E-state index is -0.155. The molecule has 3 amide bonds. The SMILES string of the molecule is O=C(Cc1ccccc1)N1CCN(C(=O)Nc2ccc(Cl)cc2)CC1. The van der Waals surface area contributed by atoms with Crippen LogP contribution in [0, 0.1) is 0 Å². The highest BCUT2D eigenvalue weighted by atomic mass is 35.5. The lowest BCUT2D eigenvalue weighted by Crippen LogP contribution is -2.52. The first-order valence-electron chi connectivity index (χ1n) is 8.25. The Labute approximate surface area is 152 Å². The predicted molar refractivity (Wildman–Crippen MR) is 98.8 cm³/mol. The molecule has 0 aliphatic carbocycles. The zero-order chi connectivity index (χ0) is 17.6. The average molecular weight is 358 g/mol. The topological polar surface area (TPSA) is 52.7 Å². The summed E-state index contributed by atoms with van der Waals surface area (Å²) < 4.78 is 0. The largest absolute Gasteiger partial charge is 0.339 e. The van der Waals surface area contributed by atoms with Crippen molar-refractivity contribution in [2.45, 2.75) is 6.42 Å². The van der Waals surface area contributed by atoms with Gasteiger partial charge < -0.3 is 15.1 Å². The maximum Gasteiger partial charge on any atom is 0.321 e. The lowest BCUT2D eigenvalue weighted by molar-refractivity contribution is -0.131. The van der Waals surface area contributed by atoms with Gasteiger partial charge in [0.2, 0.25) is 5.91 Å². The molecule has 1 aliphatic rings. The normalized spacial score (nSPS) is 14.3. The molecule has 1 N–H and O–H groups in total. The highest BCUT2D eigenvalue weighted by Crippen LogP contribution is 2.14. The van der Waals surface area contributed by atoms with Gasteiger partial charge in [-0.3, -0.25) is 4.79 Å². The second-order valence-electron chi connectivity index (χ2n) is 5.97. The Morgan fingerprint density at radius 3 is 2.12 bits per heavy atom. The molecule has 0 unspecified atom stereocenters. The van der Waals surface area contributed by atoms with Gasteiger partial charge in [0.05, 0.1) is 6.42 Å². The molecule has 3 rings (SSSR count). The summed E-state index contributed by atoms with van der Waals surface area (Å²) in [7, 11) is 0. The Kier molecular flexibility index (Phi) is 5.56. The van der Waals surface area contributed by atoms with E-state index >= 15 is 0 Å². The molecule has 2 aromatic carbocycles. The Hall–Kier alpha value is -2.53. The van der Waals surface area contributed by atoms with Gasteiger partial charge in [0.15, 0.2) is 0 Å². The minimum Gasteiger partial charge on any atom is -0.339 e. The van der Waals surface area contributed by atoms with Crippen LogP contribution in [0.1, 0.15) is 5.56 Å². The number of nitrogens with zero attached hydrogens (tertiary/aromatic N) is 2. The summed E-state index contributed by atoms with van der Waals surface area (Å²) in [5.41, 5.74) is 1.72. The maximum absolute atomic E-state index is 12.4. The number of hydrogen-bond donors (Lipinski definition) is 1. The van der Waals surface area contributed by atoms with Gasteiger partial charge in [-0.1, -0.05) is 41.9 Å². The number of nitrogens with one attached hydrogen (secondary N) is 1. The summed E-state index contributed by atoms with van der Waals surface area (Å²) in [4.78, 5) is 28.2. The van der Waals surface area contributed by atoms with Gasteiger partial charge >= 0.3 is 6.03 Å². The molecule has 1 saturated heterocycles. The Morgan fingerprint density at radius 1 is 0.880 bits per heavy atom. The van der Waals surface area contributed by atoms with Crippen molar-refractivity contribution in [3.8, 4) is 0 Å². The zero-order valence-corrected chi connectivity index (χ0v) is 14.6. The molecule has 0 spiro atoms. The molecule has 1 heterocycles. The van der Waals surface area contributed by atoms with Crippen molar-refractivity contribution in [3.05, 3.63) is 65.2 Å². The van der Waals surface area contributed by atoms with Gasteiger partial charge in [-0.25, -0.2) is 4.79 Å². The van der Waals surface area contributed by atoms with Crippen LogP contribution in [-0.4, -0.2) is 47.9 Å². The third-order valence-electron chi connectivity index (χ3n) is 4.21. The maximum atomic E-state index is 12.4. The summed E-state index contributed by atoms with van der Waals surface area (Å²) in [6, 6.07) is 16.5. The molecule has 0 radical (unpaired) electrons. The van der Waals surface area contributed by atoms with E-state index in [0.717, 1.165) is 5.56 Å². The van der Waals surface area contributed by atoms with Crippen molar-refractivity contribution in [1.29, 1.82) is 0 Å². The van der Waals surface area contributed by atoms with Crippen molar-refractivity contribution in [3.63, 3.8) is 0 Å². The van der Waals surface area contributed by atoms with Crippen LogP contribution in [0.15, 0.2) is 54.6 Å². The number of piperazine rings is 1. The number of anilines is 1. The molecule has 2 aromatic rings. The van der Waals surface area contributed by atoms with Crippen LogP contribution in [0.5, 0.6) is 0 Å². The molecule has 25 heavy (non-hydrogen) atoms. The van der Waals surface area contributed by atoms with Crippen molar-refractivity contribution in [2.75, 3.05) is 31.5 Å². The van der Waals surface area contributed by atoms with E-state index in [1.807, 2.05) is 35.2 Å². The van der Waals surface area contributed by atoms with Crippen molar-refractivity contribution >= 4 is 29.2 Å². The van der Waals surface area contributed by atoms with Crippen molar-refractivity contribution in [2.24, 2.45) is 0 Å². The van der Waals surface area contributed by atoms with E-state index in [4.69, 9.17) is 11.6 Å². The van der Waals surface area contributed by atoms with E-state index in [9.17, 15) is 9.59 Å². The smallest absolute Gasteiger partial charge is 0.321 e. The molecule has 0 bridgehead atoms. The monoisotopic (exact) mass is 357 g/mol. The summed E-state index contributed by atoms with van der Waals surface area (Å²) in [5, 5.41) is 3.48. The van der Waals surface area contributed by atoms with Crippen LogP contribution in [0.3, 0.4) is 0 Å². The summed E-state index contributed by atoms with van der Waals surface area (Å²) >= 11 is 5.84. The number of carbonyl (C=O) groups excluding carboxylic acids is 2. The standard InChI is InChI=1S/C19H20ClN3O2/c20-16-6-8-17(9-7-16)21-19(25)23-12-10-22(11-13-23)18(24)14-15-4-2-1-3-5-15/h1-9H,10-14H2,(H,21,25). The van der Waals surface area contributed by atoms with Gasteiger partial charge in [-0.2, -0.15) is 0 Å². The third-order valence-corrected chi connectivity index (χ3v) is 4.47. The van der Waals surface area contributed by atoms with Crippen LogP contribution >= 0.6 is 11.6 Å². The fourth-order valence-corrected chi connectivity index (χ4v) is 2.90. The highest BCUT2D eigenvalue weighted by Gasteiger charge is 2.24. The predicted octanol–water partition coefficient (Wildman–Crippen LogP) is 3.26. The number of hydrogen-bond acceptors (Lipinski definition) is 2. The first-order chi connectivity index (χ1) is 12.1. The van der Waals surface area contributed by atoms with Crippen LogP contribution in [0.4, 0.5) is 10.5 Å². The van der Waals surface area contributed by atoms with Gasteiger partial charge in [-0.05, 0) is 29.8 Å². The van der Waals surface area contributed by atoms with E-state index in [-0.39, 0.29) is 11.9 Å². The van der Waals surface area contributed by atoms with Crippen molar-refractivity contribution in [1.82, 2.24) is 9.80 Å². The van der Waals surface area contributed by atoms with Crippen LogP contribution in [-0.2, 0) is 11.2 Å². The molecule has 6 heteroatoms. The molecular formula is C19H20ClN3O2. The second kappa shape index (κ2) is 8.03. The lowest BCUT2D eigenvalue weighted by atomic mass is 10.1. The number of rotatable bonds is 3. The number of urea groups is 1. The number of halogens is 1. The molecule has 0 saturated carbocycles. The first-order valence-corrected chi connectivity index (χ1v) is 8.63. The number of benzene rings is 2. The summed E-state index contributed by atoms with van der Waals surface area (Å²) in [6.07, 6.45) is 0.401. The van der Waals surface area contributed by atoms with Gasteiger partial charge in [0.25, 0.3) is 0 Å². The minimum absolute atomic E-state index is 0.101. The Morgan fingerprint density at radius 2 is 1.48 bits per heavy atom. The Balaban J connectivity index is 1.48. The second-order valence-corrected chi connectivity index (χ2v) is 6.40. The molecule has 130 valence electrons. The van der Waals surface area contributed by atoms with Gasteiger partial charge in [0, 0.05) is 36.9 Å². The van der Waals surface area contributed by atoms with E-state index < -0.39 is 0 Å². The number of carbonyl (C=O) groups is 2. The van der Waals surface area contributed by atoms with Crippen LogP contribution < -0.4 is 5.32 Å². The van der Waals surface area contributed by atoms with E-state index in [1.54, 1.807) is 29.2 Å². The van der Waals surface area contributed by atoms with Gasteiger partial charge in [-0.15, -0.1) is 0 Å². The molecular weight excluding hydrogens is 338 g/mol. The van der Waals surface area contributed by atoms with E-state index in [1.165, 1.54) is 0 Å². The third kappa shape index (κ3) is 4.73. The van der Waals surface area contributed by atoms with Crippen LogP contribution in [0.2, 0.25) is 5.02 Å². The quantitative estimate of drug-likeness (QED) is 0.916. The highest BCUT2D eigenvalue weighted by molar-refractivity contribution is 6.30. The number of amides is 3. The molecule has 1 aliphatic heterocycles. The van der Waals surface area contributed by atoms with E-state index in [2.05, 4.69) is 5.32 Å². The lowest BCUT2D eigenvalue weighted by Gasteiger charge is -2.34. The Bertz CT molecular complexity index is 726. The first kappa shape index (κ1) is 17.3. The fourth-order valence-electron chi connectivity index (χ4n) is 2.78. The summed E-state index contributed by atoms with van der Waals surface area (Å²) in [6.45, 7) is 2.17. The molecule has 0 atom stereocenters. The fraction of sp³-hybridized carbons (Fsp3) is 0.263. The summed E-state index contributed by atoms with van der Waals surface area (Å²) in [5.74, 6) is 0.101. The average Bonchev–Trinajstić information content (AvgIpc) is 2.64. The molecule has 0 aromatic heterocycles. The molecule has 1 fully saturated rings. The molecule has 5 nitrogen and oxygen atoms in total. The van der Waals surface area contributed by atoms with Crippen molar-refractivity contribution < 1.29 is 9.59 Å². The van der Waals surface area contributed by atoms with E-state index in [0.29, 0.717) is 43.3 Å². The van der Waals surface area contributed by atoms with Crippen LogP contribution in [0.25, 0.3) is 0 Å².